The molecule has 8 heteroatoms. The number of thioether (sulfide) groups is 1. The second-order valence-electron chi connectivity index (χ2n) is 5.51. The fourth-order valence-corrected chi connectivity index (χ4v) is 3.02. The highest BCUT2D eigenvalue weighted by Gasteiger charge is 2.14. The number of nitrogens with zero attached hydrogens (tertiary/aromatic N) is 2. The van der Waals surface area contributed by atoms with Crippen molar-refractivity contribution in [2.45, 2.75) is 18.2 Å². The molecule has 1 aromatic heterocycles. The second-order valence-corrected chi connectivity index (χ2v) is 6.88. The van der Waals surface area contributed by atoms with Gasteiger partial charge in [0.25, 0.3) is 5.22 Å². The lowest BCUT2D eigenvalue weighted by Crippen LogP contribution is -2.28. The summed E-state index contributed by atoms with van der Waals surface area (Å²) < 4.78 is 18.4. The number of rotatable bonds is 6. The number of nitrogens with one attached hydrogen (secondary N) is 1. The van der Waals surface area contributed by atoms with Gasteiger partial charge >= 0.3 is 0 Å². The summed E-state index contributed by atoms with van der Waals surface area (Å²) in [4.78, 5) is 12.1. The molecular weight excluding hydrogens is 377 g/mol. The van der Waals surface area contributed by atoms with E-state index in [9.17, 15) is 9.18 Å². The monoisotopic (exact) mass is 391 g/mol. The first kappa shape index (κ1) is 18.4. The van der Waals surface area contributed by atoms with Crippen molar-refractivity contribution < 1.29 is 13.6 Å². The zero-order chi connectivity index (χ0) is 18.5. The fourth-order valence-electron chi connectivity index (χ4n) is 2.25. The lowest BCUT2D eigenvalue weighted by atomic mass is 10.1. The number of carbonyl (C=O) groups is 1. The molecule has 5 nitrogen and oxygen atoms in total. The number of halogens is 2. The Morgan fingerprint density at radius 1 is 1.27 bits per heavy atom. The molecule has 3 aromatic rings. The summed E-state index contributed by atoms with van der Waals surface area (Å²) in [5.41, 5.74) is 1.54. The lowest BCUT2D eigenvalue weighted by molar-refractivity contribution is -0.119. The highest BCUT2D eigenvalue weighted by molar-refractivity contribution is 7.99. The van der Waals surface area contributed by atoms with Crippen LogP contribution >= 0.6 is 23.4 Å². The molecule has 0 spiro atoms. The lowest BCUT2D eigenvalue weighted by Gasteiger charge is -2.14. The number of hydrogen-bond acceptors (Lipinski definition) is 5. The van der Waals surface area contributed by atoms with Gasteiger partial charge in [-0.3, -0.25) is 4.79 Å². The Morgan fingerprint density at radius 3 is 2.77 bits per heavy atom. The van der Waals surface area contributed by atoms with Crippen LogP contribution in [0.3, 0.4) is 0 Å². The Labute approximate surface area is 159 Å². The van der Waals surface area contributed by atoms with Crippen molar-refractivity contribution in [2.75, 3.05) is 5.75 Å². The molecule has 2 aromatic carbocycles. The van der Waals surface area contributed by atoms with Crippen molar-refractivity contribution in [3.63, 3.8) is 0 Å². The van der Waals surface area contributed by atoms with Gasteiger partial charge in [0.15, 0.2) is 0 Å². The van der Waals surface area contributed by atoms with E-state index in [1.807, 2.05) is 25.1 Å². The maximum atomic E-state index is 12.9. The quantitative estimate of drug-likeness (QED) is 0.626. The molecule has 0 aliphatic carbocycles. The molecule has 1 N–H and O–H groups in total. The van der Waals surface area contributed by atoms with Crippen molar-refractivity contribution in [3.05, 3.63) is 64.9 Å². The summed E-state index contributed by atoms with van der Waals surface area (Å²) in [5.74, 6) is -0.0896. The van der Waals surface area contributed by atoms with E-state index in [0.29, 0.717) is 10.6 Å². The van der Waals surface area contributed by atoms with Gasteiger partial charge in [0.1, 0.15) is 5.82 Å². The standard InChI is InChI=1S/C18H15ClFN3O2S/c1-11(13-3-2-4-14(19)9-13)21-16(24)10-26-18-23-22-17(25-18)12-5-7-15(20)8-6-12/h2-9,11H,10H2,1H3,(H,21,24)/t11-/m0/s1. The summed E-state index contributed by atoms with van der Waals surface area (Å²) in [5, 5.41) is 11.6. The maximum Gasteiger partial charge on any atom is 0.277 e. The minimum absolute atomic E-state index is 0.135. The van der Waals surface area contributed by atoms with Gasteiger partial charge in [-0.2, -0.15) is 0 Å². The molecule has 0 radical (unpaired) electrons. The van der Waals surface area contributed by atoms with Gasteiger partial charge in [-0.1, -0.05) is 35.5 Å². The van der Waals surface area contributed by atoms with Crippen LogP contribution in [0.25, 0.3) is 11.5 Å². The average molecular weight is 392 g/mol. The maximum absolute atomic E-state index is 12.9. The first-order valence-electron chi connectivity index (χ1n) is 7.78. The van der Waals surface area contributed by atoms with Crippen LogP contribution in [0.4, 0.5) is 4.39 Å². The van der Waals surface area contributed by atoms with Crippen molar-refractivity contribution in [1.82, 2.24) is 15.5 Å². The zero-order valence-electron chi connectivity index (χ0n) is 13.8. The minimum atomic E-state index is -0.339. The smallest absolute Gasteiger partial charge is 0.277 e. The fraction of sp³-hybridized carbons (Fsp3) is 0.167. The first-order chi connectivity index (χ1) is 12.5. The SMILES string of the molecule is C[C@H](NC(=O)CSc1nnc(-c2ccc(F)cc2)o1)c1cccc(Cl)c1. The number of benzene rings is 2. The van der Waals surface area contributed by atoms with Gasteiger partial charge in [0, 0.05) is 10.6 Å². The Hall–Kier alpha value is -2.38. The predicted molar refractivity (Wildman–Crippen MR) is 98.4 cm³/mol. The summed E-state index contributed by atoms with van der Waals surface area (Å²) in [7, 11) is 0. The third-order valence-electron chi connectivity index (χ3n) is 3.55. The molecule has 134 valence electrons. The summed E-state index contributed by atoms with van der Waals surface area (Å²) in [6, 6.07) is 12.9. The van der Waals surface area contributed by atoms with Crippen LogP contribution in [0, 0.1) is 5.82 Å². The number of amides is 1. The van der Waals surface area contributed by atoms with Crippen LogP contribution in [-0.2, 0) is 4.79 Å². The van der Waals surface area contributed by atoms with Crippen LogP contribution in [0.2, 0.25) is 5.02 Å². The molecule has 3 rings (SSSR count). The van der Waals surface area contributed by atoms with Crippen molar-refractivity contribution in [2.24, 2.45) is 0 Å². The Morgan fingerprint density at radius 2 is 2.04 bits per heavy atom. The van der Waals surface area contributed by atoms with E-state index in [1.165, 1.54) is 12.1 Å². The third kappa shape index (κ3) is 4.83. The molecule has 0 saturated carbocycles. The van der Waals surface area contributed by atoms with Crippen molar-refractivity contribution in [3.8, 4) is 11.5 Å². The molecular formula is C18H15ClFN3O2S. The molecule has 0 fully saturated rings. The molecule has 1 amide bonds. The van der Waals surface area contributed by atoms with Crippen LogP contribution in [0.1, 0.15) is 18.5 Å². The number of aromatic nitrogens is 2. The molecule has 0 aliphatic heterocycles. The van der Waals surface area contributed by atoms with E-state index in [-0.39, 0.29) is 34.6 Å². The molecule has 0 aliphatic rings. The summed E-state index contributed by atoms with van der Waals surface area (Å²) >= 11 is 7.10. The first-order valence-corrected chi connectivity index (χ1v) is 9.14. The van der Waals surface area contributed by atoms with Crippen molar-refractivity contribution >= 4 is 29.3 Å². The topological polar surface area (TPSA) is 68.0 Å². The van der Waals surface area contributed by atoms with E-state index in [0.717, 1.165) is 17.3 Å². The van der Waals surface area contributed by atoms with Gasteiger partial charge in [0.2, 0.25) is 11.8 Å². The molecule has 26 heavy (non-hydrogen) atoms. The average Bonchev–Trinajstić information content (AvgIpc) is 3.09. The van der Waals surface area contributed by atoms with Crippen molar-refractivity contribution in [1.29, 1.82) is 0 Å². The van der Waals surface area contributed by atoms with Gasteiger partial charge in [0.05, 0.1) is 11.8 Å². The Bertz CT molecular complexity index is 901. The summed E-state index contributed by atoms with van der Waals surface area (Å²) in [6.45, 7) is 1.88. The van der Waals surface area contributed by atoms with Crippen LogP contribution in [-0.4, -0.2) is 21.9 Å². The number of hydrogen-bond donors (Lipinski definition) is 1. The molecule has 0 unspecified atom stereocenters. The normalized spacial score (nSPS) is 12.0. The number of carbonyl (C=O) groups excluding carboxylic acids is 1. The zero-order valence-corrected chi connectivity index (χ0v) is 15.4. The highest BCUT2D eigenvalue weighted by atomic mass is 35.5. The highest BCUT2D eigenvalue weighted by Crippen LogP contribution is 2.23. The molecule has 0 bridgehead atoms. The van der Waals surface area contributed by atoms with Gasteiger partial charge in [-0.05, 0) is 48.9 Å². The molecule has 1 atom stereocenters. The van der Waals surface area contributed by atoms with Gasteiger partial charge in [-0.25, -0.2) is 4.39 Å². The van der Waals surface area contributed by atoms with E-state index in [1.54, 1.807) is 18.2 Å². The van der Waals surface area contributed by atoms with E-state index >= 15 is 0 Å². The van der Waals surface area contributed by atoms with E-state index < -0.39 is 0 Å². The van der Waals surface area contributed by atoms with Gasteiger partial charge in [-0.15, -0.1) is 10.2 Å². The van der Waals surface area contributed by atoms with Crippen LogP contribution in [0.5, 0.6) is 0 Å². The summed E-state index contributed by atoms with van der Waals surface area (Å²) in [6.07, 6.45) is 0. The predicted octanol–water partition coefficient (Wildman–Crippen LogP) is 4.50. The molecule has 0 saturated heterocycles. The third-order valence-corrected chi connectivity index (χ3v) is 4.60. The van der Waals surface area contributed by atoms with E-state index in [2.05, 4.69) is 15.5 Å². The second kappa shape index (κ2) is 8.33. The Kier molecular flexibility index (Phi) is 5.90. The van der Waals surface area contributed by atoms with Crippen LogP contribution < -0.4 is 5.32 Å². The largest absolute Gasteiger partial charge is 0.411 e. The molecule has 1 heterocycles. The minimum Gasteiger partial charge on any atom is -0.411 e. The van der Waals surface area contributed by atoms with E-state index in [4.69, 9.17) is 16.0 Å². The Balaban J connectivity index is 1.54. The van der Waals surface area contributed by atoms with Gasteiger partial charge < -0.3 is 9.73 Å². The van der Waals surface area contributed by atoms with Crippen LogP contribution in [0.15, 0.2) is 58.2 Å².